The monoisotopic (exact) mass is 316 g/mol. The van der Waals surface area contributed by atoms with E-state index in [0.29, 0.717) is 6.42 Å². The lowest BCUT2D eigenvalue weighted by atomic mass is 9.95. The Balaban J connectivity index is 1.87. The summed E-state index contributed by atoms with van der Waals surface area (Å²) in [4.78, 5) is 20.4. The molecule has 1 aliphatic rings. The van der Waals surface area contributed by atoms with E-state index in [-0.39, 0.29) is 5.78 Å². The quantitative estimate of drug-likeness (QED) is 0.719. The summed E-state index contributed by atoms with van der Waals surface area (Å²) in [6, 6.07) is 14.4. The lowest BCUT2D eigenvalue weighted by Crippen LogP contribution is -2.03. The maximum Gasteiger partial charge on any atom is 0.164 e. The Morgan fingerprint density at radius 3 is 2.50 bits per heavy atom. The van der Waals surface area contributed by atoms with Crippen molar-refractivity contribution in [2.24, 2.45) is 0 Å². The molecule has 3 aromatic rings. The molecule has 0 bridgehead atoms. The highest BCUT2D eigenvalue weighted by Gasteiger charge is 2.25. The number of aromatic amines is 1. The topological polar surface area (TPSA) is 45.8 Å². The number of rotatable bonds is 3. The molecule has 0 unspecified atom stereocenters. The molecular formula is C21H20N2O. The zero-order chi connectivity index (χ0) is 16.4. The fraction of sp³-hybridized carbons (Fsp3) is 0.238. The SMILES string of the molecule is O=C1CCCCc2[nH]c(-c3ccncc3)c(Cc3ccccc3)c21. The van der Waals surface area contributed by atoms with E-state index in [1.165, 1.54) is 5.56 Å². The van der Waals surface area contributed by atoms with Crippen LogP contribution >= 0.6 is 0 Å². The Hall–Kier alpha value is -2.68. The summed E-state index contributed by atoms with van der Waals surface area (Å²) in [6.07, 6.45) is 8.04. The summed E-state index contributed by atoms with van der Waals surface area (Å²) in [6.45, 7) is 0. The van der Waals surface area contributed by atoms with Gasteiger partial charge >= 0.3 is 0 Å². The summed E-state index contributed by atoms with van der Waals surface area (Å²) < 4.78 is 0. The van der Waals surface area contributed by atoms with Crippen molar-refractivity contribution in [1.82, 2.24) is 9.97 Å². The largest absolute Gasteiger partial charge is 0.358 e. The second-order valence-corrected chi connectivity index (χ2v) is 6.36. The van der Waals surface area contributed by atoms with Crippen LogP contribution in [0.2, 0.25) is 0 Å². The van der Waals surface area contributed by atoms with Gasteiger partial charge in [0.2, 0.25) is 0 Å². The molecule has 120 valence electrons. The van der Waals surface area contributed by atoms with Crippen LogP contribution in [0.5, 0.6) is 0 Å². The highest BCUT2D eigenvalue weighted by Crippen LogP contribution is 2.33. The van der Waals surface area contributed by atoms with Crippen LogP contribution < -0.4 is 0 Å². The second kappa shape index (κ2) is 6.44. The Kier molecular flexibility index (Phi) is 3.99. The Bertz CT molecular complexity index is 850. The normalized spacial score (nSPS) is 14.2. The molecule has 3 heteroatoms. The van der Waals surface area contributed by atoms with Crippen LogP contribution in [0.4, 0.5) is 0 Å². The standard InChI is InChI=1S/C21H20N2O/c24-19-9-5-4-8-18-20(19)17(14-15-6-2-1-3-7-15)21(23-18)16-10-12-22-13-11-16/h1-3,6-7,10-13,23H,4-5,8-9,14H2. The lowest BCUT2D eigenvalue weighted by Gasteiger charge is -2.08. The number of nitrogens with one attached hydrogen (secondary N) is 1. The van der Waals surface area contributed by atoms with Crippen molar-refractivity contribution in [2.75, 3.05) is 0 Å². The number of Topliss-reactive ketones (excluding diaryl/α,β-unsaturated/α-hetero) is 1. The first-order valence-electron chi connectivity index (χ1n) is 8.54. The van der Waals surface area contributed by atoms with Crippen molar-refractivity contribution in [3.8, 4) is 11.3 Å². The van der Waals surface area contributed by atoms with Crippen LogP contribution in [0, 0.1) is 0 Å². The van der Waals surface area contributed by atoms with Crippen molar-refractivity contribution in [3.63, 3.8) is 0 Å². The maximum atomic E-state index is 12.7. The van der Waals surface area contributed by atoms with E-state index < -0.39 is 0 Å². The van der Waals surface area contributed by atoms with Gasteiger partial charge in [-0.2, -0.15) is 0 Å². The van der Waals surface area contributed by atoms with Crippen molar-refractivity contribution < 1.29 is 4.79 Å². The summed E-state index contributed by atoms with van der Waals surface area (Å²) >= 11 is 0. The third-order valence-electron chi connectivity index (χ3n) is 4.73. The molecule has 24 heavy (non-hydrogen) atoms. The molecule has 0 atom stereocenters. The van der Waals surface area contributed by atoms with Crippen molar-refractivity contribution in [3.05, 3.63) is 77.2 Å². The average Bonchev–Trinajstić information content (AvgIpc) is 2.88. The minimum Gasteiger partial charge on any atom is -0.358 e. The van der Waals surface area contributed by atoms with E-state index in [2.05, 4.69) is 34.2 Å². The van der Waals surface area contributed by atoms with E-state index in [9.17, 15) is 4.79 Å². The van der Waals surface area contributed by atoms with Crippen LogP contribution in [0.15, 0.2) is 54.9 Å². The van der Waals surface area contributed by atoms with Gasteiger partial charge in [0.1, 0.15) is 0 Å². The molecule has 0 amide bonds. The highest BCUT2D eigenvalue weighted by atomic mass is 16.1. The Morgan fingerprint density at radius 2 is 1.71 bits per heavy atom. The smallest absolute Gasteiger partial charge is 0.164 e. The van der Waals surface area contributed by atoms with Crippen LogP contribution in [-0.2, 0) is 12.8 Å². The number of fused-ring (bicyclic) bond motifs is 1. The molecule has 0 aliphatic heterocycles. The highest BCUT2D eigenvalue weighted by molar-refractivity contribution is 6.01. The van der Waals surface area contributed by atoms with E-state index in [0.717, 1.165) is 53.8 Å². The minimum absolute atomic E-state index is 0.282. The Labute approximate surface area is 141 Å². The predicted octanol–water partition coefficient (Wildman–Crippen LogP) is 4.58. The van der Waals surface area contributed by atoms with Gasteiger partial charge in [-0.3, -0.25) is 9.78 Å². The van der Waals surface area contributed by atoms with Crippen molar-refractivity contribution in [1.29, 1.82) is 0 Å². The molecule has 4 rings (SSSR count). The lowest BCUT2D eigenvalue weighted by molar-refractivity contribution is 0.0981. The zero-order valence-electron chi connectivity index (χ0n) is 13.6. The fourth-order valence-electron chi connectivity index (χ4n) is 3.57. The third kappa shape index (κ3) is 2.78. The van der Waals surface area contributed by atoms with E-state index in [4.69, 9.17) is 0 Å². The second-order valence-electron chi connectivity index (χ2n) is 6.36. The molecule has 3 nitrogen and oxygen atoms in total. The molecule has 0 saturated carbocycles. The zero-order valence-corrected chi connectivity index (χ0v) is 13.6. The van der Waals surface area contributed by atoms with Gasteiger partial charge in [0, 0.05) is 42.1 Å². The number of pyridine rings is 1. The number of hydrogen-bond donors (Lipinski definition) is 1. The molecule has 1 aromatic carbocycles. The third-order valence-corrected chi connectivity index (χ3v) is 4.73. The molecular weight excluding hydrogens is 296 g/mol. The van der Waals surface area contributed by atoms with Crippen molar-refractivity contribution in [2.45, 2.75) is 32.1 Å². The number of nitrogens with zero attached hydrogens (tertiary/aromatic N) is 1. The van der Waals surface area contributed by atoms with Gasteiger partial charge in [-0.15, -0.1) is 0 Å². The van der Waals surface area contributed by atoms with Gasteiger partial charge in [0.15, 0.2) is 5.78 Å². The van der Waals surface area contributed by atoms with E-state index in [1.807, 2.05) is 18.2 Å². The summed E-state index contributed by atoms with van der Waals surface area (Å²) in [5, 5.41) is 0. The first kappa shape index (κ1) is 14.9. The average molecular weight is 316 g/mol. The fourth-order valence-corrected chi connectivity index (χ4v) is 3.57. The van der Waals surface area contributed by atoms with E-state index in [1.54, 1.807) is 12.4 Å². The summed E-state index contributed by atoms with van der Waals surface area (Å²) in [5.74, 6) is 0.282. The first-order chi connectivity index (χ1) is 11.8. The molecule has 1 aliphatic carbocycles. The number of aromatic nitrogens is 2. The van der Waals surface area contributed by atoms with Crippen LogP contribution in [-0.4, -0.2) is 15.8 Å². The van der Waals surface area contributed by atoms with Crippen LogP contribution in [0.1, 0.15) is 46.4 Å². The molecule has 0 radical (unpaired) electrons. The number of H-pyrrole nitrogens is 1. The van der Waals surface area contributed by atoms with Crippen LogP contribution in [0.3, 0.4) is 0 Å². The molecule has 1 N–H and O–H groups in total. The van der Waals surface area contributed by atoms with E-state index >= 15 is 0 Å². The predicted molar refractivity (Wildman–Crippen MR) is 95.2 cm³/mol. The van der Waals surface area contributed by atoms with Gasteiger partial charge in [-0.05, 0) is 42.5 Å². The number of aryl methyl sites for hydroxylation is 1. The number of hydrogen-bond acceptors (Lipinski definition) is 2. The van der Waals surface area contributed by atoms with Crippen molar-refractivity contribution >= 4 is 5.78 Å². The van der Waals surface area contributed by atoms with Gasteiger partial charge in [0.05, 0.1) is 5.69 Å². The molecule has 2 heterocycles. The summed E-state index contributed by atoms with van der Waals surface area (Å²) in [7, 11) is 0. The van der Waals surface area contributed by atoms with Gasteiger partial charge in [-0.1, -0.05) is 30.3 Å². The van der Waals surface area contributed by atoms with Gasteiger partial charge < -0.3 is 4.98 Å². The summed E-state index contributed by atoms with van der Waals surface area (Å²) in [5.41, 5.74) is 6.57. The molecule has 0 spiro atoms. The number of carbonyl (C=O) groups excluding carboxylic acids is 1. The van der Waals surface area contributed by atoms with Gasteiger partial charge in [-0.25, -0.2) is 0 Å². The minimum atomic E-state index is 0.282. The first-order valence-corrected chi connectivity index (χ1v) is 8.54. The maximum absolute atomic E-state index is 12.7. The van der Waals surface area contributed by atoms with Crippen LogP contribution in [0.25, 0.3) is 11.3 Å². The number of ketones is 1. The number of benzene rings is 1. The Morgan fingerprint density at radius 1 is 0.958 bits per heavy atom. The van der Waals surface area contributed by atoms with Gasteiger partial charge in [0.25, 0.3) is 0 Å². The molecule has 0 saturated heterocycles. The molecule has 2 aromatic heterocycles. The molecule has 0 fully saturated rings. The number of carbonyl (C=O) groups is 1.